The lowest BCUT2D eigenvalue weighted by molar-refractivity contribution is -0.132. The van der Waals surface area contributed by atoms with Crippen molar-refractivity contribution in [1.82, 2.24) is 10.2 Å². The lowest BCUT2D eigenvalue weighted by Gasteiger charge is -2.29. The molecule has 3 atom stereocenters. The first-order valence-corrected chi connectivity index (χ1v) is 10.5. The number of thioether (sulfide) groups is 2. The van der Waals surface area contributed by atoms with Gasteiger partial charge in [-0.25, -0.2) is 0 Å². The first-order chi connectivity index (χ1) is 10.1. The van der Waals surface area contributed by atoms with Crippen LogP contribution in [0.5, 0.6) is 0 Å². The van der Waals surface area contributed by atoms with Crippen molar-refractivity contribution in [2.24, 2.45) is 0 Å². The average molecular weight is 343 g/mol. The van der Waals surface area contributed by atoms with Crippen LogP contribution < -0.4 is 5.32 Å². The molecule has 1 N–H and O–H groups in total. The minimum absolute atomic E-state index is 0.0509. The molecule has 3 heterocycles. The normalized spacial score (nSPS) is 33.6. The molecular formula is C15H22N2OS3. The number of rotatable bonds is 4. The van der Waals surface area contributed by atoms with E-state index in [-0.39, 0.29) is 12.1 Å². The van der Waals surface area contributed by atoms with Gasteiger partial charge in [0.15, 0.2) is 0 Å². The first-order valence-electron chi connectivity index (χ1n) is 7.45. The SMILES string of the molecule is CCC1(C)NC(c2cccs2)N(CC2CSCCS2)C1=O. The topological polar surface area (TPSA) is 32.3 Å². The zero-order valence-electron chi connectivity index (χ0n) is 12.5. The van der Waals surface area contributed by atoms with Crippen LogP contribution in [0, 0.1) is 0 Å². The van der Waals surface area contributed by atoms with Crippen molar-refractivity contribution >= 4 is 40.8 Å². The minimum Gasteiger partial charge on any atom is -0.319 e. The number of carbonyl (C=O) groups is 1. The molecule has 3 nitrogen and oxygen atoms in total. The molecule has 2 fully saturated rings. The molecule has 2 saturated heterocycles. The van der Waals surface area contributed by atoms with Gasteiger partial charge in [0.1, 0.15) is 6.17 Å². The summed E-state index contributed by atoms with van der Waals surface area (Å²) in [7, 11) is 0. The highest BCUT2D eigenvalue weighted by Crippen LogP contribution is 2.36. The summed E-state index contributed by atoms with van der Waals surface area (Å²) in [5, 5.41) is 6.24. The number of thiophene rings is 1. The molecule has 0 radical (unpaired) electrons. The molecule has 1 aromatic rings. The summed E-state index contributed by atoms with van der Waals surface area (Å²) in [6.45, 7) is 4.99. The van der Waals surface area contributed by atoms with Crippen molar-refractivity contribution in [2.45, 2.75) is 37.2 Å². The molecule has 116 valence electrons. The summed E-state index contributed by atoms with van der Waals surface area (Å²) in [5.41, 5.74) is -0.416. The molecule has 2 aliphatic rings. The molecule has 21 heavy (non-hydrogen) atoms. The lowest BCUT2D eigenvalue weighted by Crippen LogP contribution is -2.44. The van der Waals surface area contributed by atoms with E-state index in [1.54, 1.807) is 11.3 Å². The first kappa shape index (κ1) is 15.7. The summed E-state index contributed by atoms with van der Waals surface area (Å²) < 4.78 is 0. The predicted molar refractivity (Wildman–Crippen MR) is 94.2 cm³/mol. The summed E-state index contributed by atoms with van der Waals surface area (Å²) in [6.07, 6.45) is 0.881. The number of amides is 1. The van der Waals surface area contributed by atoms with E-state index in [1.165, 1.54) is 16.4 Å². The van der Waals surface area contributed by atoms with Gasteiger partial charge in [-0.1, -0.05) is 13.0 Å². The van der Waals surface area contributed by atoms with Gasteiger partial charge in [0, 0.05) is 33.9 Å². The molecule has 3 unspecified atom stereocenters. The van der Waals surface area contributed by atoms with Gasteiger partial charge in [-0.3, -0.25) is 10.1 Å². The Bertz CT molecular complexity index is 487. The van der Waals surface area contributed by atoms with Crippen molar-refractivity contribution in [3.05, 3.63) is 22.4 Å². The zero-order valence-corrected chi connectivity index (χ0v) is 15.0. The second-order valence-corrected chi connectivity index (χ2v) is 9.31. The van der Waals surface area contributed by atoms with Crippen molar-refractivity contribution in [3.63, 3.8) is 0 Å². The monoisotopic (exact) mass is 342 g/mol. The van der Waals surface area contributed by atoms with Gasteiger partial charge >= 0.3 is 0 Å². The minimum atomic E-state index is -0.416. The highest BCUT2D eigenvalue weighted by Gasteiger charge is 2.48. The highest BCUT2D eigenvalue weighted by atomic mass is 32.2. The standard InChI is InChI=1S/C15H22N2OS3/c1-3-15(2)14(18)17(9-11-10-19-7-8-20-11)13(16-15)12-5-4-6-21-12/h4-6,11,13,16H,3,7-10H2,1-2H3. The molecule has 0 saturated carbocycles. The third-order valence-electron chi connectivity index (χ3n) is 4.30. The Labute approximate surface area is 139 Å². The Hall–Kier alpha value is -0.170. The van der Waals surface area contributed by atoms with Crippen LogP contribution in [-0.2, 0) is 4.79 Å². The molecule has 0 bridgehead atoms. The van der Waals surface area contributed by atoms with Crippen molar-refractivity contribution in [1.29, 1.82) is 0 Å². The van der Waals surface area contributed by atoms with E-state index < -0.39 is 5.54 Å². The third-order valence-corrected chi connectivity index (χ3v) is 8.06. The van der Waals surface area contributed by atoms with Crippen LogP contribution in [0.3, 0.4) is 0 Å². The van der Waals surface area contributed by atoms with E-state index in [1.807, 2.05) is 30.4 Å². The van der Waals surface area contributed by atoms with E-state index >= 15 is 0 Å². The van der Waals surface area contributed by atoms with E-state index in [4.69, 9.17) is 0 Å². The molecule has 3 rings (SSSR count). The number of nitrogens with zero attached hydrogens (tertiary/aromatic N) is 1. The van der Waals surface area contributed by atoms with Crippen molar-refractivity contribution in [2.75, 3.05) is 23.8 Å². The van der Waals surface area contributed by atoms with Crippen LogP contribution in [0.25, 0.3) is 0 Å². The molecule has 2 aliphatic heterocycles. The Kier molecular flexibility index (Phi) is 4.88. The van der Waals surface area contributed by atoms with Gasteiger partial charge in [-0.2, -0.15) is 23.5 Å². The maximum Gasteiger partial charge on any atom is 0.244 e. The molecular weight excluding hydrogens is 320 g/mol. The Morgan fingerprint density at radius 3 is 2.95 bits per heavy atom. The zero-order chi connectivity index (χ0) is 14.9. The van der Waals surface area contributed by atoms with Crippen molar-refractivity contribution < 1.29 is 4.79 Å². The molecule has 6 heteroatoms. The molecule has 0 aromatic carbocycles. The second-order valence-electron chi connectivity index (χ2n) is 5.77. The molecule has 0 aliphatic carbocycles. The van der Waals surface area contributed by atoms with Gasteiger partial charge in [-0.15, -0.1) is 11.3 Å². The average Bonchev–Trinajstić information content (AvgIpc) is 3.11. The number of hydrogen-bond acceptors (Lipinski definition) is 5. The van der Waals surface area contributed by atoms with Gasteiger partial charge in [0.05, 0.1) is 5.54 Å². The number of hydrogen-bond donors (Lipinski definition) is 1. The summed E-state index contributed by atoms with van der Waals surface area (Å²) >= 11 is 5.77. The fraction of sp³-hybridized carbons (Fsp3) is 0.667. The van der Waals surface area contributed by atoms with Gasteiger partial charge < -0.3 is 4.90 Å². The Morgan fingerprint density at radius 2 is 2.33 bits per heavy atom. The Morgan fingerprint density at radius 1 is 1.48 bits per heavy atom. The van der Waals surface area contributed by atoms with Crippen LogP contribution in [0.1, 0.15) is 31.3 Å². The predicted octanol–water partition coefficient (Wildman–Crippen LogP) is 3.20. The van der Waals surface area contributed by atoms with Gasteiger partial charge in [-0.05, 0) is 24.8 Å². The fourth-order valence-corrected chi connectivity index (χ4v) is 6.30. The fourth-order valence-electron chi connectivity index (χ4n) is 2.85. The van der Waals surface area contributed by atoms with E-state index in [9.17, 15) is 4.79 Å². The van der Waals surface area contributed by atoms with E-state index in [0.29, 0.717) is 5.25 Å². The van der Waals surface area contributed by atoms with Crippen LogP contribution in [-0.4, -0.2) is 45.4 Å². The summed E-state index contributed by atoms with van der Waals surface area (Å²) in [5.74, 6) is 3.88. The number of carbonyl (C=O) groups excluding carboxylic acids is 1. The maximum absolute atomic E-state index is 12.9. The summed E-state index contributed by atoms with van der Waals surface area (Å²) in [4.78, 5) is 16.2. The molecule has 1 amide bonds. The Balaban J connectivity index is 1.81. The van der Waals surface area contributed by atoms with E-state index in [0.717, 1.165) is 18.7 Å². The molecule has 1 aromatic heterocycles. The number of nitrogens with one attached hydrogen (secondary N) is 1. The van der Waals surface area contributed by atoms with Gasteiger partial charge in [0.2, 0.25) is 5.91 Å². The van der Waals surface area contributed by atoms with Crippen LogP contribution >= 0.6 is 34.9 Å². The van der Waals surface area contributed by atoms with E-state index in [2.05, 4.69) is 34.7 Å². The molecule has 0 spiro atoms. The second kappa shape index (κ2) is 6.52. The quantitative estimate of drug-likeness (QED) is 0.911. The maximum atomic E-state index is 12.9. The third kappa shape index (κ3) is 3.14. The highest BCUT2D eigenvalue weighted by molar-refractivity contribution is 8.06. The van der Waals surface area contributed by atoms with Crippen LogP contribution in [0.15, 0.2) is 17.5 Å². The van der Waals surface area contributed by atoms with Crippen LogP contribution in [0.4, 0.5) is 0 Å². The smallest absolute Gasteiger partial charge is 0.244 e. The van der Waals surface area contributed by atoms with Gasteiger partial charge in [0.25, 0.3) is 0 Å². The lowest BCUT2D eigenvalue weighted by atomic mass is 9.99. The van der Waals surface area contributed by atoms with Crippen LogP contribution in [0.2, 0.25) is 0 Å². The van der Waals surface area contributed by atoms with Crippen molar-refractivity contribution in [3.8, 4) is 0 Å². The summed E-state index contributed by atoms with van der Waals surface area (Å²) in [6, 6.07) is 4.20. The largest absolute Gasteiger partial charge is 0.319 e.